The third-order valence-electron chi connectivity index (χ3n) is 2.67. The van der Waals surface area contributed by atoms with Gasteiger partial charge in [-0.2, -0.15) is 5.26 Å². The van der Waals surface area contributed by atoms with Crippen LogP contribution in [0.4, 0.5) is 11.4 Å². The van der Waals surface area contributed by atoms with Crippen molar-refractivity contribution in [1.82, 2.24) is 0 Å². The van der Waals surface area contributed by atoms with E-state index in [1.165, 1.54) is 12.1 Å². The van der Waals surface area contributed by atoms with Crippen molar-refractivity contribution in [3.05, 3.63) is 39.4 Å². The number of anilines is 1. The molecule has 7 nitrogen and oxygen atoms in total. The third-order valence-corrected chi connectivity index (χ3v) is 2.67. The standard InChI is InChI=1S/C15H17N3O4/c1-10(2)22-15(19)12(9-16)7-11-5-6-13(17(3)4)14(8-11)18(20)21/h5-8,10H,1-4H3/b12-7+. The van der Waals surface area contributed by atoms with Gasteiger partial charge in [-0.1, -0.05) is 6.07 Å². The summed E-state index contributed by atoms with van der Waals surface area (Å²) in [4.78, 5) is 23.9. The first kappa shape index (κ1) is 17.2. The van der Waals surface area contributed by atoms with Crippen LogP contribution in [0, 0.1) is 21.4 Å². The lowest BCUT2D eigenvalue weighted by molar-refractivity contribution is -0.384. The number of esters is 1. The summed E-state index contributed by atoms with van der Waals surface area (Å²) in [6, 6.07) is 6.22. The second-order valence-electron chi connectivity index (χ2n) is 5.02. The molecular weight excluding hydrogens is 286 g/mol. The summed E-state index contributed by atoms with van der Waals surface area (Å²) in [7, 11) is 3.39. The van der Waals surface area contributed by atoms with Gasteiger partial charge in [0.15, 0.2) is 0 Å². The zero-order valence-corrected chi connectivity index (χ0v) is 12.9. The molecule has 0 amide bonds. The zero-order valence-electron chi connectivity index (χ0n) is 12.9. The molecular formula is C15H17N3O4. The van der Waals surface area contributed by atoms with Crippen molar-refractivity contribution >= 4 is 23.4 Å². The van der Waals surface area contributed by atoms with Gasteiger partial charge in [0.1, 0.15) is 17.3 Å². The molecule has 22 heavy (non-hydrogen) atoms. The normalized spacial score (nSPS) is 11.0. The van der Waals surface area contributed by atoms with Crippen LogP contribution >= 0.6 is 0 Å². The average Bonchev–Trinajstić information content (AvgIpc) is 2.43. The molecule has 0 atom stereocenters. The topological polar surface area (TPSA) is 96.5 Å². The van der Waals surface area contributed by atoms with Crippen LogP contribution < -0.4 is 4.90 Å². The highest BCUT2D eigenvalue weighted by atomic mass is 16.6. The smallest absolute Gasteiger partial charge is 0.349 e. The SMILES string of the molecule is CC(C)OC(=O)/C(C#N)=C/c1ccc(N(C)C)c([N+](=O)[O-])c1. The number of hydrogen-bond acceptors (Lipinski definition) is 6. The van der Waals surface area contributed by atoms with Crippen molar-refractivity contribution in [3.63, 3.8) is 0 Å². The zero-order chi connectivity index (χ0) is 16.9. The molecule has 7 heteroatoms. The molecule has 0 N–H and O–H groups in total. The lowest BCUT2D eigenvalue weighted by Gasteiger charge is -2.12. The molecule has 1 aromatic carbocycles. The Morgan fingerprint density at radius 2 is 2.09 bits per heavy atom. The maximum absolute atomic E-state index is 11.7. The predicted molar refractivity (Wildman–Crippen MR) is 82.2 cm³/mol. The quantitative estimate of drug-likeness (QED) is 0.272. The maximum Gasteiger partial charge on any atom is 0.349 e. The minimum Gasteiger partial charge on any atom is -0.459 e. The largest absolute Gasteiger partial charge is 0.459 e. The Balaban J connectivity index is 3.24. The Morgan fingerprint density at radius 1 is 1.45 bits per heavy atom. The van der Waals surface area contributed by atoms with Crippen molar-refractivity contribution in [3.8, 4) is 6.07 Å². The van der Waals surface area contributed by atoms with E-state index >= 15 is 0 Å². The van der Waals surface area contributed by atoms with Gasteiger partial charge < -0.3 is 9.64 Å². The van der Waals surface area contributed by atoms with Crippen molar-refractivity contribution in [2.24, 2.45) is 0 Å². The molecule has 0 saturated heterocycles. The number of nitro groups is 1. The summed E-state index contributed by atoms with van der Waals surface area (Å²) >= 11 is 0. The molecule has 1 rings (SSSR count). The first-order valence-electron chi connectivity index (χ1n) is 6.54. The Kier molecular flexibility index (Phi) is 5.64. The van der Waals surface area contributed by atoms with E-state index in [1.807, 2.05) is 0 Å². The fourth-order valence-corrected chi connectivity index (χ4v) is 1.74. The predicted octanol–water partition coefficient (Wildman–Crippen LogP) is 2.52. The van der Waals surface area contributed by atoms with E-state index < -0.39 is 10.9 Å². The fraction of sp³-hybridized carbons (Fsp3) is 0.333. The molecule has 0 fully saturated rings. The van der Waals surface area contributed by atoms with Gasteiger partial charge in [-0.3, -0.25) is 10.1 Å². The summed E-state index contributed by atoms with van der Waals surface area (Å²) < 4.78 is 4.94. The summed E-state index contributed by atoms with van der Waals surface area (Å²) in [6.07, 6.45) is 0.923. The summed E-state index contributed by atoms with van der Waals surface area (Å²) in [5, 5.41) is 20.1. The first-order chi connectivity index (χ1) is 10.3. The minimum absolute atomic E-state index is 0.103. The van der Waals surface area contributed by atoms with E-state index in [1.54, 1.807) is 51.0 Å². The molecule has 0 aliphatic heterocycles. The number of carbonyl (C=O) groups excluding carboxylic acids is 1. The van der Waals surface area contributed by atoms with Crippen LogP contribution in [-0.2, 0) is 9.53 Å². The minimum atomic E-state index is -0.753. The van der Waals surface area contributed by atoms with E-state index in [-0.39, 0.29) is 17.4 Å². The van der Waals surface area contributed by atoms with Gasteiger partial charge in [-0.25, -0.2) is 4.79 Å². The number of hydrogen-bond donors (Lipinski definition) is 0. The molecule has 0 saturated carbocycles. The molecule has 0 aromatic heterocycles. The van der Waals surface area contributed by atoms with Crippen LogP contribution in [0.15, 0.2) is 23.8 Å². The van der Waals surface area contributed by atoms with E-state index in [2.05, 4.69) is 0 Å². The molecule has 0 spiro atoms. The Labute approximate surface area is 128 Å². The number of carbonyl (C=O) groups is 1. The average molecular weight is 303 g/mol. The summed E-state index contributed by atoms with van der Waals surface area (Å²) in [6.45, 7) is 3.34. The van der Waals surface area contributed by atoms with Gasteiger partial charge in [0.25, 0.3) is 5.69 Å². The molecule has 116 valence electrons. The van der Waals surface area contributed by atoms with Gasteiger partial charge >= 0.3 is 5.97 Å². The second-order valence-corrected chi connectivity index (χ2v) is 5.02. The van der Waals surface area contributed by atoms with Gasteiger partial charge in [-0.05, 0) is 31.6 Å². The fourth-order valence-electron chi connectivity index (χ4n) is 1.74. The number of nitriles is 1. The highest BCUT2D eigenvalue weighted by Crippen LogP contribution is 2.28. The van der Waals surface area contributed by atoms with Crippen LogP contribution in [-0.4, -0.2) is 31.1 Å². The maximum atomic E-state index is 11.7. The van der Waals surface area contributed by atoms with Crippen molar-refractivity contribution < 1.29 is 14.5 Å². The Hall–Kier alpha value is -2.88. The second kappa shape index (κ2) is 7.22. The van der Waals surface area contributed by atoms with E-state index in [0.717, 1.165) is 0 Å². The molecule has 0 aliphatic carbocycles. The van der Waals surface area contributed by atoms with Crippen LogP contribution in [0.25, 0.3) is 6.08 Å². The number of nitrogens with zero attached hydrogens (tertiary/aromatic N) is 3. The van der Waals surface area contributed by atoms with Crippen LogP contribution in [0.1, 0.15) is 19.4 Å². The highest BCUT2D eigenvalue weighted by Gasteiger charge is 2.17. The number of benzene rings is 1. The lowest BCUT2D eigenvalue weighted by Crippen LogP contribution is -2.13. The molecule has 0 aliphatic rings. The van der Waals surface area contributed by atoms with Crippen molar-refractivity contribution in [2.75, 3.05) is 19.0 Å². The third kappa shape index (κ3) is 4.31. The molecule has 0 heterocycles. The highest BCUT2D eigenvalue weighted by molar-refractivity contribution is 5.98. The van der Waals surface area contributed by atoms with Gasteiger partial charge in [0, 0.05) is 20.2 Å². The van der Waals surface area contributed by atoms with Gasteiger partial charge in [-0.15, -0.1) is 0 Å². The Bertz CT molecular complexity index is 657. The summed E-state index contributed by atoms with van der Waals surface area (Å²) in [5.41, 5.74) is 0.508. The van der Waals surface area contributed by atoms with Crippen molar-refractivity contribution in [2.45, 2.75) is 20.0 Å². The van der Waals surface area contributed by atoms with Crippen LogP contribution in [0.5, 0.6) is 0 Å². The number of rotatable bonds is 5. The van der Waals surface area contributed by atoms with Crippen LogP contribution in [0.2, 0.25) is 0 Å². The number of nitro benzene ring substituents is 1. The van der Waals surface area contributed by atoms with Crippen LogP contribution in [0.3, 0.4) is 0 Å². The summed E-state index contributed by atoms with van der Waals surface area (Å²) in [5.74, 6) is -0.753. The van der Waals surface area contributed by atoms with Crippen molar-refractivity contribution in [1.29, 1.82) is 5.26 Å². The van der Waals surface area contributed by atoms with E-state index in [9.17, 15) is 14.9 Å². The monoisotopic (exact) mass is 303 g/mol. The van der Waals surface area contributed by atoms with Gasteiger partial charge in [0.05, 0.1) is 11.0 Å². The van der Waals surface area contributed by atoms with Gasteiger partial charge in [0.2, 0.25) is 0 Å². The molecule has 0 radical (unpaired) electrons. The molecule has 0 unspecified atom stereocenters. The molecule has 0 bridgehead atoms. The molecule has 1 aromatic rings. The van der Waals surface area contributed by atoms with E-state index in [4.69, 9.17) is 10.00 Å². The number of ether oxygens (including phenoxy) is 1. The first-order valence-corrected chi connectivity index (χ1v) is 6.54. The van der Waals surface area contributed by atoms with E-state index in [0.29, 0.717) is 11.3 Å². The lowest BCUT2D eigenvalue weighted by atomic mass is 10.1. The Morgan fingerprint density at radius 3 is 2.55 bits per heavy atom.